The lowest BCUT2D eigenvalue weighted by molar-refractivity contribution is 0.0976. The van der Waals surface area contributed by atoms with Crippen molar-refractivity contribution in [2.24, 2.45) is 0 Å². The van der Waals surface area contributed by atoms with E-state index < -0.39 is 0 Å². The fourth-order valence-corrected chi connectivity index (χ4v) is 3.16. The van der Waals surface area contributed by atoms with Crippen LogP contribution in [-0.4, -0.2) is 34.7 Å². The number of fused-ring (bicyclic) bond motifs is 2. The SMILES string of the molecule is COc1ccc2c(c1)CCCCN2C(=O)c1nnc2ccccc2n1. The number of hydrogen-bond acceptors (Lipinski definition) is 5. The summed E-state index contributed by atoms with van der Waals surface area (Å²) in [7, 11) is 1.65. The van der Waals surface area contributed by atoms with Crippen LogP contribution in [-0.2, 0) is 6.42 Å². The summed E-state index contributed by atoms with van der Waals surface area (Å²) in [5, 5.41) is 8.17. The third kappa shape index (κ3) is 2.91. The molecule has 2 aromatic carbocycles. The van der Waals surface area contributed by atoms with Gasteiger partial charge in [0, 0.05) is 12.2 Å². The van der Waals surface area contributed by atoms with Crippen LogP contribution in [0.4, 0.5) is 5.69 Å². The van der Waals surface area contributed by atoms with Gasteiger partial charge in [-0.05, 0) is 55.2 Å². The monoisotopic (exact) mass is 334 g/mol. The summed E-state index contributed by atoms with van der Waals surface area (Å²) in [6.45, 7) is 0.647. The molecule has 0 unspecified atom stereocenters. The van der Waals surface area contributed by atoms with Crippen molar-refractivity contribution >= 4 is 22.6 Å². The Morgan fingerprint density at radius 2 is 1.92 bits per heavy atom. The summed E-state index contributed by atoms with van der Waals surface area (Å²) in [4.78, 5) is 19.2. The van der Waals surface area contributed by atoms with Gasteiger partial charge in [0.2, 0.25) is 5.82 Å². The summed E-state index contributed by atoms with van der Waals surface area (Å²) in [5.41, 5.74) is 3.37. The molecule has 4 rings (SSSR count). The van der Waals surface area contributed by atoms with E-state index in [1.54, 1.807) is 12.0 Å². The fourth-order valence-electron chi connectivity index (χ4n) is 3.16. The number of methoxy groups -OCH3 is 1. The Morgan fingerprint density at radius 3 is 2.76 bits per heavy atom. The number of anilines is 1. The molecule has 6 heteroatoms. The Kier molecular flexibility index (Phi) is 4.01. The van der Waals surface area contributed by atoms with Gasteiger partial charge in [0.1, 0.15) is 11.3 Å². The van der Waals surface area contributed by atoms with E-state index in [1.807, 2.05) is 42.5 Å². The van der Waals surface area contributed by atoms with Crippen molar-refractivity contribution in [3.63, 3.8) is 0 Å². The van der Waals surface area contributed by atoms with Crippen LogP contribution in [0, 0.1) is 0 Å². The lowest BCUT2D eigenvalue weighted by Gasteiger charge is -2.22. The number of aryl methyl sites for hydroxylation is 1. The molecule has 2 heterocycles. The second-order valence-corrected chi connectivity index (χ2v) is 6.03. The normalized spacial score (nSPS) is 14.0. The Bertz CT molecular complexity index is 942. The molecular weight excluding hydrogens is 316 g/mol. The number of carbonyl (C=O) groups is 1. The molecule has 0 bridgehead atoms. The van der Waals surface area contributed by atoms with Crippen molar-refractivity contribution in [2.75, 3.05) is 18.6 Å². The number of carbonyl (C=O) groups excluding carboxylic acids is 1. The predicted molar refractivity (Wildman–Crippen MR) is 94.9 cm³/mol. The van der Waals surface area contributed by atoms with E-state index in [2.05, 4.69) is 15.2 Å². The smallest absolute Gasteiger partial charge is 0.297 e. The molecule has 0 aliphatic carbocycles. The van der Waals surface area contributed by atoms with Crippen molar-refractivity contribution in [3.05, 3.63) is 53.9 Å². The predicted octanol–water partition coefficient (Wildman–Crippen LogP) is 3.02. The Morgan fingerprint density at radius 1 is 1.08 bits per heavy atom. The van der Waals surface area contributed by atoms with Crippen molar-refractivity contribution in [2.45, 2.75) is 19.3 Å². The van der Waals surface area contributed by atoms with Crippen molar-refractivity contribution < 1.29 is 9.53 Å². The summed E-state index contributed by atoms with van der Waals surface area (Å²) < 4.78 is 5.31. The van der Waals surface area contributed by atoms with Crippen LogP contribution < -0.4 is 9.64 Å². The third-order valence-electron chi connectivity index (χ3n) is 4.45. The topological polar surface area (TPSA) is 68.2 Å². The van der Waals surface area contributed by atoms with E-state index >= 15 is 0 Å². The number of hydrogen-bond donors (Lipinski definition) is 0. The summed E-state index contributed by atoms with van der Waals surface area (Å²) in [6.07, 6.45) is 2.89. The van der Waals surface area contributed by atoms with Crippen molar-refractivity contribution in [3.8, 4) is 5.75 Å². The number of ether oxygens (including phenoxy) is 1. The fraction of sp³-hybridized carbons (Fsp3) is 0.263. The second kappa shape index (κ2) is 6.47. The van der Waals surface area contributed by atoms with Crippen molar-refractivity contribution in [1.82, 2.24) is 15.2 Å². The Balaban J connectivity index is 1.73. The first kappa shape index (κ1) is 15.5. The molecule has 0 fully saturated rings. The van der Waals surface area contributed by atoms with Gasteiger partial charge in [-0.3, -0.25) is 4.79 Å². The molecule has 0 saturated carbocycles. The zero-order valence-corrected chi connectivity index (χ0v) is 14.0. The number of aromatic nitrogens is 3. The minimum atomic E-state index is -0.216. The van der Waals surface area contributed by atoms with E-state index in [4.69, 9.17) is 4.74 Å². The number of para-hydroxylation sites is 1. The Hall–Kier alpha value is -3.02. The molecule has 1 aliphatic heterocycles. The molecular formula is C19H18N4O2. The van der Waals surface area contributed by atoms with E-state index in [-0.39, 0.29) is 11.7 Å². The highest BCUT2D eigenvalue weighted by Crippen LogP contribution is 2.30. The zero-order valence-electron chi connectivity index (χ0n) is 14.0. The van der Waals surface area contributed by atoms with Crippen LogP contribution in [0.25, 0.3) is 11.0 Å². The Labute approximate surface area is 145 Å². The average Bonchev–Trinajstić information content (AvgIpc) is 2.88. The van der Waals surface area contributed by atoms with Crippen LogP contribution in [0.15, 0.2) is 42.5 Å². The summed E-state index contributed by atoms with van der Waals surface area (Å²) in [5.74, 6) is 0.714. The van der Waals surface area contributed by atoms with Crippen LogP contribution in [0.5, 0.6) is 5.75 Å². The quantitative estimate of drug-likeness (QED) is 0.720. The number of amides is 1. The molecule has 25 heavy (non-hydrogen) atoms. The molecule has 0 saturated heterocycles. The maximum Gasteiger partial charge on any atom is 0.297 e. The molecule has 1 aliphatic rings. The maximum absolute atomic E-state index is 13.0. The molecule has 0 N–H and O–H groups in total. The van der Waals surface area contributed by atoms with E-state index in [1.165, 1.54) is 0 Å². The summed E-state index contributed by atoms with van der Waals surface area (Å²) in [6, 6.07) is 13.2. The molecule has 6 nitrogen and oxygen atoms in total. The minimum absolute atomic E-state index is 0.127. The van der Waals surface area contributed by atoms with Crippen molar-refractivity contribution in [1.29, 1.82) is 0 Å². The highest BCUT2D eigenvalue weighted by Gasteiger charge is 2.25. The molecule has 1 aromatic heterocycles. The first-order valence-electron chi connectivity index (χ1n) is 8.34. The molecule has 0 radical (unpaired) electrons. The van der Waals surface area contributed by atoms with E-state index in [0.717, 1.165) is 36.3 Å². The van der Waals surface area contributed by atoms with Crippen LogP contribution >= 0.6 is 0 Å². The zero-order chi connectivity index (χ0) is 17.2. The molecule has 126 valence electrons. The molecule has 0 spiro atoms. The van der Waals surface area contributed by atoms with E-state index in [0.29, 0.717) is 17.6 Å². The van der Waals surface area contributed by atoms with Gasteiger partial charge in [-0.25, -0.2) is 4.98 Å². The standard InChI is InChI=1S/C19H18N4O2/c1-25-14-9-10-17-13(12-14)6-4-5-11-23(17)19(24)18-20-15-7-2-3-8-16(15)21-22-18/h2-3,7-10,12H,4-6,11H2,1H3. The first-order valence-corrected chi connectivity index (χ1v) is 8.34. The minimum Gasteiger partial charge on any atom is -0.497 e. The van der Waals surface area contributed by atoms with E-state index in [9.17, 15) is 4.79 Å². The number of benzene rings is 2. The largest absolute Gasteiger partial charge is 0.497 e. The van der Waals surface area contributed by atoms with Gasteiger partial charge in [-0.15, -0.1) is 10.2 Å². The molecule has 0 atom stereocenters. The second-order valence-electron chi connectivity index (χ2n) is 6.03. The average molecular weight is 334 g/mol. The maximum atomic E-state index is 13.0. The van der Waals surface area contributed by atoms with Gasteiger partial charge >= 0.3 is 0 Å². The van der Waals surface area contributed by atoms with Gasteiger partial charge in [0.15, 0.2) is 0 Å². The van der Waals surface area contributed by atoms with Crippen LogP contribution in [0.3, 0.4) is 0 Å². The number of nitrogens with zero attached hydrogens (tertiary/aromatic N) is 4. The lowest BCUT2D eigenvalue weighted by atomic mass is 10.1. The first-order chi connectivity index (χ1) is 12.3. The molecule has 3 aromatic rings. The van der Waals surface area contributed by atoms with Crippen LogP contribution in [0.2, 0.25) is 0 Å². The van der Waals surface area contributed by atoms with Gasteiger partial charge in [-0.1, -0.05) is 12.1 Å². The number of rotatable bonds is 2. The summed E-state index contributed by atoms with van der Waals surface area (Å²) >= 11 is 0. The lowest BCUT2D eigenvalue weighted by Crippen LogP contribution is -2.33. The van der Waals surface area contributed by atoms with Crippen LogP contribution in [0.1, 0.15) is 29.0 Å². The van der Waals surface area contributed by atoms with Gasteiger partial charge in [-0.2, -0.15) is 0 Å². The molecule has 1 amide bonds. The van der Waals surface area contributed by atoms with Gasteiger partial charge < -0.3 is 9.64 Å². The third-order valence-corrected chi connectivity index (χ3v) is 4.45. The van der Waals surface area contributed by atoms with Gasteiger partial charge in [0.25, 0.3) is 5.91 Å². The highest BCUT2D eigenvalue weighted by atomic mass is 16.5. The van der Waals surface area contributed by atoms with Gasteiger partial charge in [0.05, 0.1) is 12.6 Å². The highest BCUT2D eigenvalue weighted by molar-refractivity contribution is 6.04.